The van der Waals surface area contributed by atoms with Crippen LogP contribution in [0.2, 0.25) is 0 Å². The normalized spacial score (nSPS) is 22.0. The summed E-state index contributed by atoms with van der Waals surface area (Å²) < 4.78 is 0. The van der Waals surface area contributed by atoms with Gasteiger partial charge in [-0.05, 0) is 39.0 Å². The van der Waals surface area contributed by atoms with E-state index in [9.17, 15) is 0 Å². The molecule has 0 unspecified atom stereocenters. The Morgan fingerprint density at radius 1 is 1.13 bits per heavy atom. The molecule has 1 rings (SSSR count). The fourth-order valence-electron chi connectivity index (χ4n) is 1.99. The van der Waals surface area contributed by atoms with Crippen molar-refractivity contribution in [1.29, 1.82) is 0 Å². The van der Waals surface area contributed by atoms with E-state index in [0.29, 0.717) is 5.54 Å². The summed E-state index contributed by atoms with van der Waals surface area (Å²) in [4.78, 5) is 0. The predicted molar refractivity (Wildman–Crippen MR) is 66.9 cm³/mol. The summed E-state index contributed by atoms with van der Waals surface area (Å²) in [6.45, 7) is 12.1. The van der Waals surface area contributed by atoms with Gasteiger partial charge in [-0.15, -0.1) is 0 Å². The van der Waals surface area contributed by atoms with Crippen molar-refractivity contribution in [2.24, 2.45) is 11.1 Å². The molecule has 0 spiro atoms. The Kier molecular flexibility index (Phi) is 3.52. The van der Waals surface area contributed by atoms with Gasteiger partial charge in [0.05, 0.1) is 0 Å². The molecule has 0 saturated heterocycles. The molecule has 3 N–H and O–H groups in total. The zero-order valence-corrected chi connectivity index (χ0v) is 11.1. The van der Waals surface area contributed by atoms with E-state index in [2.05, 4.69) is 39.9 Å². The van der Waals surface area contributed by atoms with Gasteiger partial charge < -0.3 is 11.1 Å². The van der Waals surface area contributed by atoms with E-state index in [1.54, 1.807) is 0 Å². The second-order valence-electron chi connectivity index (χ2n) is 6.73. The first-order chi connectivity index (χ1) is 6.66. The Morgan fingerprint density at radius 2 is 1.60 bits per heavy atom. The zero-order valence-electron chi connectivity index (χ0n) is 11.1. The lowest BCUT2D eigenvalue weighted by molar-refractivity contribution is 0.172. The smallest absolute Gasteiger partial charge is 0.0161 e. The van der Waals surface area contributed by atoms with Gasteiger partial charge in [-0.2, -0.15) is 0 Å². The highest BCUT2D eigenvalue weighted by Gasteiger charge is 2.36. The third-order valence-corrected chi connectivity index (χ3v) is 4.41. The van der Waals surface area contributed by atoms with E-state index < -0.39 is 0 Å². The molecule has 0 amide bonds. The first-order valence-corrected chi connectivity index (χ1v) is 6.20. The van der Waals surface area contributed by atoms with Crippen molar-refractivity contribution >= 4 is 0 Å². The number of nitrogens with one attached hydrogen (secondary N) is 1. The van der Waals surface area contributed by atoms with E-state index in [1.165, 1.54) is 25.7 Å². The summed E-state index contributed by atoms with van der Waals surface area (Å²) in [6.07, 6.45) is 5.37. The minimum absolute atomic E-state index is 0.130. The predicted octanol–water partition coefficient (Wildman–Crippen LogP) is 2.67. The van der Waals surface area contributed by atoms with Crippen LogP contribution < -0.4 is 11.1 Å². The van der Waals surface area contributed by atoms with E-state index in [4.69, 9.17) is 5.73 Å². The number of rotatable bonds is 4. The van der Waals surface area contributed by atoms with Gasteiger partial charge in [0, 0.05) is 17.6 Å². The SMILES string of the molecule is CC1(NCC(C)(C)C(C)(C)N)CCCC1. The molecule has 1 fully saturated rings. The molecule has 0 aromatic carbocycles. The summed E-state index contributed by atoms with van der Waals surface area (Å²) in [7, 11) is 0. The van der Waals surface area contributed by atoms with Crippen molar-refractivity contribution in [3.8, 4) is 0 Å². The fourth-order valence-corrected chi connectivity index (χ4v) is 1.99. The van der Waals surface area contributed by atoms with Crippen molar-refractivity contribution in [3.05, 3.63) is 0 Å². The lowest BCUT2D eigenvalue weighted by atomic mass is 9.74. The maximum Gasteiger partial charge on any atom is 0.0161 e. The van der Waals surface area contributed by atoms with Crippen LogP contribution in [-0.4, -0.2) is 17.6 Å². The van der Waals surface area contributed by atoms with Crippen LogP contribution in [0.1, 0.15) is 60.3 Å². The minimum Gasteiger partial charge on any atom is -0.325 e. The van der Waals surface area contributed by atoms with E-state index >= 15 is 0 Å². The molecule has 0 atom stereocenters. The van der Waals surface area contributed by atoms with Crippen molar-refractivity contribution < 1.29 is 0 Å². The summed E-state index contributed by atoms with van der Waals surface area (Å²) in [5.41, 5.74) is 6.57. The van der Waals surface area contributed by atoms with Crippen molar-refractivity contribution in [2.75, 3.05) is 6.54 Å². The van der Waals surface area contributed by atoms with E-state index in [-0.39, 0.29) is 11.0 Å². The lowest BCUT2D eigenvalue weighted by Gasteiger charge is -2.41. The molecule has 2 heteroatoms. The van der Waals surface area contributed by atoms with Gasteiger partial charge >= 0.3 is 0 Å². The molecule has 0 radical (unpaired) electrons. The molecule has 1 aliphatic carbocycles. The number of hydrogen-bond donors (Lipinski definition) is 2. The number of nitrogens with two attached hydrogens (primary N) is 1. The second-order valence-corrected chi connectivity index (χ2v) is 6.73. The molecule has 15 heavy (non-hydrogen) atoms. The van der Waals surface area contributed by atoms with Crippen molar-refractivity contribution in [3.63, 3.8) is 0 Å². The van der Waals surface area contributed by atoms with Gasteiger partial charge in [0.2, 0.25) is 0 Å². The first-order valence-electron chi connectivity index (χ1n) is 6.20. The van der Waals surface area contributed by atoms with Crippen LogP contribution in [0.4, 0.5) is 0 Å². The summed E-state index contributed by atoms with van der Waals surface area (Å²) in [5.74, 6) is 0. The largest absolute Gasteiger partial charge is 0.325 e. The molecule has 0 bridgehead atoms. The monoisotopic (exact) mass is 212 g/mol. The highest BCUT2D eigenvalue weighted by Crippen LogP contribution is 2.32. The Balaban J connectivity index is 2.49. The molecule has 90 valence electrons. The fraction of sp³-hybridized carbons (Fsp3) is 1.00. The van der Waals surface area contributed by atoms with Gasteiger partial charge in [-0.3, -0.25) is 0 Å². The Morgan fingerprint density at radius 3 is 2.00 bits per heavy atom. The minimum atomic E-state index is -0.130. The van der Waals surface area contributed by atoms with E-state index in [1.807, 2.05) is 0 Å². The van der Waals surface area contributed by atoms with Crippen LogP contribution in [-0.2, 0) is 0 Å². The van der Waals surface area contributed by atoms with Gasteiger partial charge in [-0.25, -0.2) is 0 Å². The second kappa shape index (κ2) is 4.06. The molecule has 1 saturated carbocycles. The van der Waals surface area contributed by atoms with Gasteiger partial charge in [0.15, 0.2) is 0 Å². The third-order valence-electron chi connectivity index (χ3n) is 4.41. The first kappa shape index (κ1) is 13.0. The molecule has 0 aliphatic heterocycles. The van der Waals surface area contributed by atoms with Gasteiger partial charge in [-0.1, -0.05) is 26.7 Å². The molecule has 1 aliphatic rings. The average molecular weight is 212 g/mol. The summed E-state index contributed by atoms with van der Waals surface area (Å²) >= 11 is 0. The molecule has 0 aromatic heterocycles. The average Bonchev–Trinajstić information content (AvgIpc) is 2.48. The van der Waals surface area contributed by atoms with Crippen molar-refractivity contribution in [2.45, 2.75) is 71.4 Å². The highest BCUT2D eigenvalue weighted by atomic mass is 15.0. The van der Waals surface area contributed by atoms with Crippen LogP contribution in [0, 0.1) is 5.41 Å². The van der Waals surface area contributed by atoms with Crippen LogP contribution in [0.15, 0.2) is 0 Å². The van der Waals surface area contributed by atoms with E-state index in [0.717, 1.165) is 6.54 Å². The maximum atomic E-state index is 6.20. The van der Waals surface area contributed by atoms with Gasteiger partial charge in [0.1, 0.15) is 0 Å². The molecular formula is C13H28N2. The standard InChI is InChI=1S/C13H28N2/c1-11(2,12(3,4)14)10-15-13(5)8-6-7-9-13/h15H,6-10,14H2,1-5H3. The third kappa shape index (κ3) is 3.18. The Hall–Kier alpha value is -0.0800. The van der Waals surface area contributed by atoms with Crippen LogP contribution in [0.3, 0.4) is 0 Å². The molecule has 0 heterocycles. The van der Waals surface area contributed by atoms with Crippen LogP contribution >= 0.6 is 0 Å². The molecular weight excluding hydrogens is 184 g/mol. The van der Waals surface area contributed by atoms with Crippen LogP contribution in [0.5, 0.6) is 0 Å². The van der Waals surface area contributed by atoms with Crippen molar-refractivity contribution in [1.82, 2.24) is 5.32 Å². The zero-order chi connectivity index (χ0) is 11.7. The topological polar surface area (TPSA) is 38.0 Å². The van der Waals surface area contributed by atoms with Crippen LogP contribution in [0.25, 0.3) is 0 Å². The summed E-state index contributed by atoms with van der Waals surface area (Å²) in [5, 5.41) is 3.72. The molecule has 2 nitrogen and oxygen atoms in total. The number of hydrogen-bond acceptors (Lipinski definition) is 2. The Labute approximate surface area is 95.0 Å². The highest BCUT2D eigenvalue weighted by molar-refractivity contribution is 4.95. The lowest BCUT2D eigenvalue weighted by Crippen LogP contribution is -2.55. The quantitative estimate of drug-likeness (QED) is 0.752. The maximum absolute atomic E-state index is 6.20. The summed E-state index contributed by atoms with van der Waals surface area (Å²) in [6, 6.07) is 0. The Bertz CT molecular complexity index is 207. The van der Waals surface area contributed by atoms with Gasteiger partial charge in [0.25, 0.3) is 0 Å². The molecule has 0 aromatic rings.